The first-order chi connectivity index (χ1) is 12.1. The van der Waals surface area contributed by atoms with Gasteiger partial charge in [-0.3, -0.25) is 0 Å². The van der Waals surface area contributed by atoms with Crippen molar-refractivity contribution < 1.29 is 13.5 Å². The molecular formula is C18H18F2N4O. The van der Waals surface area contributed by atoms with Gasteiger partial charge in [0.15, 0.2) is 5.82 Å². The number of pyridine rings is 1. The molecule has 3 aromatic rings. The number of H-pyrrole nitrogens is 1. The average molecular weight is 344 g/mol. The highest BCUT2D eigenvalue weighted by molar-refractivity contribution is 5.83. The molecule has 5 nitrogen and oxygen atoms in total. The number of morpholine rings is 1. The fourth-order valence-electron chi connectivity index (χ4n) is 3.16. The van der Waals surface area contributed by atoms with E-state index in [1.165, 1.54) is 12.1 Å². The van der Waals surface area contributed by atoms with Crippen LogP contribution in [0.25, 0.3) is 11.0 Å². The zero-order valence-corrected chi connectivity index (χ0v) is 13.6. The lowest BCUT2D eigenvalue weighted by Crippen LogP contribution is -2.36. The van der Waals surface area contributed by atoms with Crippen molar-refractivity contribution in [3.8, 4) is 0 Å². The second kappa shape index (κ2) is 6.33. The number of fused-ring (bicyclic) bond motifs is 1. The fraction of sp³-hybridized carbons (Fsp3) is 0.278. The highest BCUT2D eigenvalue weighted by Gasteiger charge is 2.17. The molecule has 3 N–H and O–H groups in total. The van der Waals surface area contributed by atoms with Gasteiger partial charge in [0, 0.05) is 36.7 Å². The number of nitrogens with one attached hydrogen (secondary N) is 1. The number of hydrogen-bond acceptors (Lipinski definition) is 4. The Kier molecular flexibility index (Phi) is 4.01. The molecule has 4 rings (SSSR count). The molecule has 0 amide bonds. The predicted octanol–water partition coefficient (Wildman–Crippen LogP) is 2.85. The number of nitrogens with zero attached hydrogens (tertiary/aromatic N) is 2. The predicted molar refractivity (Wildman–Crippen MR) is 92.7 cm³/mol. The van der Waals surface area contributed by atoms with Gasteiger partial charge in [0.25, 0.3) is 0 Å². The van der Waals surface area contributed by atoms with Crippen LogP contribution in [0.4, 0.5) is 20.2 Å². The molecule has 1 fully saturated rings. The molecule has 7 heteroatoms. The van der Waals surface area contributed by atoms with Crippen molar-refractivity contribution in [2.75, 3.05) is 36.9 Å². The second-order valence-electron chi connectivity index (χ2n) is 6.11. The molecule has 1 aromatic carbocycles. The quantitative estimate of drug-likeness (QED) is 0.717. The Morgan fingerprint density at radius 1 is 1.24 bits per heavy atom. The molecule has 130 valence electrons. The summed E-state index contributed by atoms with van der Waals surface area (Å²) in [7, 11) is 0. The Bertz CT molecular complexity index is 919. The zero-order chi connectivity index (χ0) is 17.4. The second-order valence-corrected chi connectivity index (χ2v) is 6.11. The summed E-state index contributed by atoms with van der Waals surface area (Å²) in [5, 5.41) is 0.852. The first kappa shape index (κ1) is 15.8. The van der Waals surface area contributed by atoms with E-state index in [9.17, 15) is 8.78 Å². The molecule has 1 aliphatic rings. The van der Waals surface area contributed by atoms with Gasteiger partial charge in [-0.05, 0) is 23.8 Å². The summed E-state index contributed by atoms with van der Waals surface area (Å²) in [4.78, 5) is 9.68. The smallest absolute Gasteiger partial charge is 0.152 e. The monoisotopic (exact) mass is 344 g/mol. The molecule has 0 radical (unpaired) electrons. The lowest BCUT2D eigenvalue weighted by Gasteiger charge is -2.28. The van der Waals surface area contributed by atoms with Gasteiger partial charge in [0.05, 0.1) is 30.8 Å². The van der Waals surface area contributed by atoms with Crippen molar-refractivity contribution in [3.63, 3.8) is 0 Å². The van der Waals surface area contributed by atoms with Crippen molar-refractivity contribution in [3.05, 3.63) is 53.4 Å². The van der Waals surface area contributed by atoms with Crippen LogP contribution in [0.2, 0.25) is 0 Å². The van der Waals surface area contributed by atoms with Gasteiger partial charge < -0.3 is 20.4 Å². The van der Waals surface area contributed by atoms with E-state index in [0.717, 1.165) is 29.7 Å². The Hall–Kier alpha value is -2.67. The summed E-state index contributed by atoms with van der Waals surface area (Å²) >= 11 is 0. The first-order valence-electron chi connectivity index (χ1n) is 8.14. The van der Waals surface area contributed by atoms with Gasteiger partial charge >= 0.3 is 0 Å². The molecule has 25 heavy (non-hydrogen) atoms. The number of anilines is 2. The average Bonchev–Trinajstić information content (AvgIpc) is 3.05. The van der Waals surface area contributed by atoms with Gasteiger partial charge in [0.1, 0.15) is 11.5 Å². The number of benzene rings is 1. The van der Waals surface area contributed by atoms with E-state index >= 15 is 0 Å². The fourth-order valence-corrected chi connectivity index (χ4v) is 3.16. The molecule has 2 aromatic heterocycles. The van der Waals surface area contributed by atoms with Crippen molar-refractivity contribution in [1.82, 2.24) is 9.97 Å². The number of ether oxygens (including phenoxy) is 1. The van der Waals surface area contributed by atoms with Gasteiger partial charge in [-0.25, -0.2) is 13.8 Å². The first-order valence-corrected chi connectivity index (χ1v) is 8.14. The Labute approximate surface area is 143 Å². The summed E-state index contributed by atoms with van der Waals surface area (Å²) in [5.41, 5.74) is 7.94. The highest BCUT2D eigenvalue weighted by Crippen LogP contribution is 2.27. The van der Waals surface area contributed by atoms with Gasteiger partial charge in [-0.1, -0.05) is 0 Å². The number of rotatable bonds is 3. The number of halogens is 2. The number of nitrogen functional groups attached to an aromatic ring is 1. The topological polar surface area (TPSA) is 67.2 Å². The third-order valence-corrected chi connectivity index (χ3v) is 4.56. The molecule has 1 saturated heterocycles. The maximum absolute atomic E-state index is 14.2. The van der Waals surface area contributed by atoms with E-state index in [4.69, 9.17) is 10.5 Å². The minimum Gasteiger partial charge on any atom is -0.396 e. The largest absolute Gasteiger partial charge is 0.396 e. The van der Waals surface area contributed by atoms with Crippen LogP contribution in [-0.2, 0) is 11.2 Å². The minimum absolute atomic E-state index is 0.0299. The van der Waals surface area contributed by atoms with E-state index in [1.807, 2.05) is 6.07 Å². The molecular weight excluding hydrogens is 326 g/mol. The molecule has 0 unspecified atom stereocenters. The minimum atomic E-state index is -0.702. The van der Waals surface area contributed by atoms with Crippen molar-refractivity contribution in [2.45, 2.75) is 6.42 Å². The van der Waals surface area contributed by atoms with Crippen LogP contribution in [0.1, 0.15) is 11.1 Å². The van der Waals surface area contributed by atoms with Crippen molar-refractivity contribution in [1.29, 1.82) is 0 Å². The van der Waals surface area contributed by atoms with Crippen LogP contribution < -0.4 is 10.6 Å². The Morgan fingerprint density at radius 3 is 2.84 bits per heavy atom. The molecule has 0 aliphatic carbocycles. The van der Waals surface area contributed by atoms with Gasteiger partial charge in [-0.2, -0.15) is 0 Å². The van der Waals surface area contributed by atoms with Crippen LogP contribution in [0, 0.1) is 11.6 Å². The number of hydrogen-bond donors (Lipinski definition) is 2. The molecule has 0 saturated carbocycles. The standard InChI is InChI=1S/C18H18F2N4O/c19-15-1-2-16(21)17(20)14(15)7-11-9-22-18-13(11)8-12(10-23-18)24-3-5-25-6-4-24/h1-2,8-10H,3-7,21H2,(H,22,23). The maximum atomic E-state index is 14.2. The van der Waals surface area contributed by atoms with Crippen molar-refractivity contribution in [2.24, 2.45) is 0 Å². The summed E-state index contributed by atoms with van der Waals surface area (Å²) in [5.74, 6) is -1.30. The number of nitrogens with two attached hydrogens (primary N) is 1. The van der Waals surface area contributed by atoms with Crippen LogP contribution in [-0.4, -0.2) is 36.3 Å². The van der Waals surface area contributed by atoms with Crippen molar-refractivity contribution >= 4 is 22.4 Å². The van der Waals surface area contributed by atoms with Crippen LogP contribution in [0.5, 0.6) is 0 Å². The van der Waals surface area contributed by atoms with E-state index in [2.05, 4.69) is 14.9 Å². The number of aromatic nitrogens is 2. The van der Waals surface area contributed by atoms with E-state index in [0.29, 0.717) is 18.9 Å². The van der Waals surface area contributed by atoms with Crippen LogP contribution in [0.15, 0.2) is 30.6 Å². The lowest BCUT2D eigenvalue weighted by atomic mass is 10.0. The summed E-state index contributed by atoms with van der Waals surface area (Å²) in [6.07, 6.45) is 3.65. The molecule has 0 spiro atoms. The lowest BCUT2D eigenvalue weighted by molar-refractivity contribution is 0.122. The zero-order valence-electron chi connectivity index (χ0n) is 13.6. The van der Waals surface area contributed by atoms with E-state index in [1.54, 1.807) is 12.4 Å². The molecule has 0 atom stereocenters. The normalized spacial score (nSPS) is 15.0. The van der Waals surface area contributed by atoms with Crippen LogP contribution >= 0.6 is 0 Å². The summed E-state index contributed by atoms with van der Waals surface area (Å²) in [6, 6.07) is 4.43. The SMILES string of the molecule is Nc1ccc(F)c(Cc2c[nH]c3ncc(N4CCOCC4)cc23)c1F. The van der Waals surface area contributed by atoms with E-state index < -0.39 is 11.6 Å². The van der Waals surface area contributed by atoms with Gasteiger partial charge in [-0.15, -0.1) is 0 Å². The number of aromatic amines is 1. The highest BCUT2D eigenvalue weighted by atomic mass is 19.1. The van der Waals surface area contributed by atoms with Crippen LogP contribution in [0.3, 0.4) is 0 Å². The third-order valence-electron chi connectivity index (χ3n) is 4.56. The molecule has 0 bridgehead atoms. The van der Waals surface area contributed by atoms with E-state index in [-0.39, 0.29) is 17.7 Å². The summed E-state index contributed by atoms with van der Waals surface area (Å²) < 4.78 is 33.6. The molecule has 3 heterocycles. The third kappa shape index (κ3) is 2.91. The Morgan fingerprint density at radius 2 is 2.04 bits per heavy atom. The van der Waals surface area contributed by atoms with Gasteiger partial charge in [0.2, 0.25) is 0 Å². The molecule has 1 aliphatic heterocycles. The maximum Gasteiger partial charge on any atom is 0.152 e. The Balaban J connectivity index is 1.72. The summed E-state index contributed by atoms with van der Waals surface area (Å²) in [6.45, 7) is 2.95.